The molecule has 1 heterocycles. The third-order valence-electron chi connectivity index (χ3n) is 3.91. The molecule has 124 valence electrons. The first-order valence-corrected chi connectivity index (χ1v) is 9.67. The lowest BCUT2D eigenvalue weighted by molar-refractivity contribution is -0.132. The molecule has 24 heavy (non-hydrogen) atoms. The minimum Gasteiger partial charge on any atom is -0.273 e. The van der Waals surface area contributed by atoms with E-state index in [1.165, 1.54) is 0 Å². The Morgan fingerprint density at radius 2 is 1.67 bits per heavy atom. The smallest absolute Gasteiger partial charge is 0.244 e. The fourth-order valence-corrected chi connectivity index (χ4v) is 3.39. The van der Waals surface area contributed by atoms with E-state index in [2.05, 4.69) is 37.0 Å². The Kier molecular flexibility index (Phi) is 5.74. The molecule has 6 heteroatoms. The van der Waals surface area contributed by atoms with Crippen LogP contribution in [0.1, 0.15) is 30.0 Å². The van der Waals surface area contributed by atoms with Crippen LogP contribution in [0.25, 0.3) is 0 Å². The van der Waals surface area contributed by atoms with Crippen LogP contribution in [0.4, 0.5) is 0 Å². The zero-order valence-electron chi connectivity index (χ0n) is 12.8. The first-order chi connectivity index (χ1) is 11.6. The second kappa shape index (κ2) is 7.81. The maximum absolute atomic E-state index is 12.4. The van der Waals surface area contributed by atoms with Gasteiger partial charge in [-0.1, -0.05) is 56.1 Å². The van der Waals surface area contributed by atoms with E-state index in [1.54, 1.807) is 5.01 Å². The van der Waals surface area contributed by atoms with E-state index < -0.39 is 0 Å². The summed E-state index contributed by atoms with van der Waals surface area (Å²) in [5, 5.41) is 6.19. The maximum Gasteiger partial charge on any atom is 0.244 e. The van der Waals surface area contributed by atoms with Gasteiger partial charge in [0.2, 0.25) is 5.91 Å². The summed E-state index contributed by atoms with van der Waals surface area (Å²) in [4.78, 5) is 12.4. The van der Waals surface area contributed by atoms with Crippen molar-refractivity contribution in [2.75, 3.05) is 5.88 Å². The standard InChI is InChI=1S/C18H15Br2ClN2O/c19-14-5-1-12(2-6-14)16-11-17(13-3-7-15(20)8-4-13)23(22-16)18(24)9-10-21/h1-8,17H,9-11H2/t17-/m0/s1. The van der Waals surface area contributed by atoms with E-state index in [1.807, 2.05) is 48.5 Å². The zero-order valence-corrected chi connectivity index (χ0v) is 16.7. The van der Waals surface area contributed by atoms with Gasteiger partial charge in [0, 0.05) is 27.7 Å². The van der Waals surface area contributed by atoms with Gasteiger partial charge >= 0.3 is 0 Å². The van der Waals surface area contributed by atoms with Gasteiger partial charge in [0.15, 0.2) is 0 Å². The summed E-state index contributed by atoms with van der Waals surface area (Å²) in [6, 6.07) is 15.9. The van der Waals surface area contributed by atoms with Gasteiger partial charge < -0.3 is 0 Å². The molecule has 0 N–H and O–H groups in total. The van der Waals surface area contributed by atoms with Gasteiger partial charge in [-0.15, -0.1) is 11.6 Å². The van der Waals surface area contributed by atoms with Crippen molar-refractivity contribution in [3.8, 4) is 0 Å². The van der Waals surface area contributed by atoms with Crippen molar-refractivity contribution in [2.45, 2.75) is 18.9 Å². The van der Waals surface area contributed by atoms with Gasteiger partial charge in [0.1, 0.15) is 0 Å². The highest BCUT2D eigenvalue weighted by Gasteiger charge is 2.32. The van der Waals surface area contributed by atoms with E-state index in [-0.39, 0.29) is 18.4 Å². The molecule has 3 rings (SSSR count). The Morgan fingerprint density at radius 1 is 1.08 bits per heavy atom. The van der Waals surface area contributed by atoms with E-state index in [0.717, 1.165) is 25.8 Å². The van der Waals surface area contributed by atoms with Gasteiger partial charge in [0.25, 0.3) is 0 Å². The Hall–Kier alpha value is -1.17. The summed E-state index contributed by atoms with van der Waals surface area (Å²) in [6.45, 7) is 0. The van der Waals surface area contributed by atoms with Crippen LogP contribution >= 0.6 is 43.5 Å². The van der Waals surface area contributed by atoms with Crippen LogP contribution in [0.2, 0.25) is 0 Å². The summed E-state index contributed by atoms with van der Waals surface area (Å²) in [5.74, 6) is 0.246. The van der Waals surface area contributed by atoms with Gasteiger partial charge in [-0.25, -0.2) is 5.01 Å². The fraction of sp³-hybridized carbons (Fsp3) is 0.222. The molecule has 3 nitrogen and oxygen atoms in total. The number of alkyl halides is 1. The number of carbonyl (C=O) groups is 1. The second-order valence-electron chi connectivity index (χ2n) is 5.50. The highest BCUT2D eigenvalue weighted by Crippen LogP contribution is 2.34. The molecule has 0 saturated heterocycles. The lowest BCUT2D eigenvalue weighted by Gasteiger charge is -2.21. The van der Waals surface area contributed by atoms with Crippen LogP contribution in [0, 0.1) is 0 Å². The lowest BCUT2D eigenvalue weighted by atomic mass is 9.98. The van der Waals surface area contributed by atoms with Crippen molar-refractivity contribution < 1.29 is 4.79 Å². The molecule has 0 unspecified atom stereocenters. The molecule has 0 spiro atoms. The van der Waals surface area contributed by atoms with E-state index in [4.69, 9.17) is 11.6 Å². The highest BCUT2D eigenvalue weighted by molar-refractivity contribution is 9.10. The summed E-state index contributed by atoms with van der Waals surface area (Å²) in [5.41, 5.74) is 3.01. The number of rotatable bonds is 4. The summed E-state index contributed by atoms with van der Waals surface area (Å²) >= 11 is 12.6. The molecule has 0 bridgehead atoms. The van der Waals surface area contributed by atoms with Crippen LogP contribution in [0.3, 0.4) is 0 Å². The van der Waals surface area contributed by atoms with Gasteiger partial charge in [0.05, 0.1) is 11.8 Å². The molecule has 1 aliphatic rings. The SMILES string of the molecule is O=C(CCCl)N1N=C(c2ccc(Br)cc2)C[C@H]1c1ccc(Br)cc1. The average Bonchev–Trinajstić information content (AvgIpc) is 3.02. The van der Waals surface area contributed by atoms with Crippen LogP contribution in [-0.4, -0.2) is 22.5 Å². The van der Waals surface area contributed by atoms with Crippen LogP contribution in [-0.2, 0) is 4.79 Å². The normalized spacial score (nSPS) is 17.0. The quantitative estimate of drug-likeness (QED) is 0.542. The van der Waals surface area contributed by atoms with Crippen LogP contribution in [0.5, 0.6) is 0 Å². The molecule has 2 aromatic carbocycles. The number of hydrogen-bond acceptors (Lipinski definition) is 2. The lowest BCUT2D eigenvalue weighted by Crippen LogP contribution is -2.27. The minimum atomic E-state index is -0.0903. The molecule has 1 atom stereocenters. The summed E-state index contributed by atoms with van der Waals surface area (Å²) < 4.78 is 2.03. The van der Waals surface area contributed by atoms with Crippen LogP contribution in [0.15, 0.2) is 62.6 Å². The highest BCUT2D eigenvalue weighted by atomic mass is 79.9. The number of amides is 1. The van der Waals surface area contributed by atoms with Crippen LogP contribution < -0.4 is 0 Å². The van der Waals surface area contributed by atoms with Crippen molar-refractivity contribution in [2.24, 2.45) is 5.10 Å². The topological polar surface area (TPSA) is 32.7 Å². The monoisotopic (exact) mass is 468 g/mol. The number of carbonyl (C=O) groups excluding carboxylic acids is 1. The predicted octanol–water partition coefficient (Wildman–Crippen LogP) is 5.52. The molecule has 2 aromatic rings. The Balaban J connectivity index is 1.92. The van der Waals surface area contributed by atoms with E-state index in [0.29, 0.717) is 12.3 Å². The second-order valence-corrected chi connectivity index (χ2v) is 7.71. The Morgan fingerprint density at radius 3 is 2.25 bits per heavy atom. The van der Waals surface area contributed by atoms with Gasteiger partial charge in [-0.3, -0.25) is 4.79 Å². The van der Waals surface area contributed by atoms with Crippen molar-refractivity contribution in [3.05, 3.63) is 68.6 Å². The Bertz CT molecular complexity index is 760. The maximum atomic E-state index is 12.4. The molecular weight excluding hydrogens is 455 g/mol. The predicted molar refractivity (Wildman–Crippen MR) is 104 cm³/mol. The molecule has 1 amide bonds. The summed E-state index contributed by atoms with van der Waals surface area (Å²) in [7, 11) is 0. The van der Waals surface area contributed by atoms with Crippen molar-refractivity contribution in [1.82, 2.24) is 5.01 Å². The molecule has 0 aromatic heterocycles. The number of hydrazone groups is 1. The number of hydrogen-bond donors (Lipinski definition) is 0. The Labute approximate surface area is 162 Å². The van der Waals surface area contributed by atoms with Gasteiger partial charge in [-0.2, -0.15) is 5.10 Å². The molecular formula is C18H15Br2ClN2O. The molecule has 0 radical (unpaired) electrons. The molecule has 0 aliphatic carbocycles. The third kappa shape index (κ3) is 3.90. The third-order valence-corrected chi connectivity index (χ3v) is 5.15. The zero-order chi connectivity index (χ0) is 17.1. The number of halogens is 3. The van der Waals surface area contributed by atoms with Crippen molar-refractivity contribution in [1.29, 1.82) is 0 Å². The van der Waals surface area contributed by atoms with Gasteiger partial charge in [-0.05, 0) is 35.4 Å². The van der Waals surface area contributed by atoms with Crippen molar-refractivity contribution in [3.63, 3.8) is 0 Å². The molecule has 0 fully saturated rings. The average molecular weight is 471 g/mol. The first kappa shape index (κ1) is 17.6. The molecule has 0 saturated carbocycles. The van der Waals surface area contributed by atoms with E-state index in [9.17, 15) is 4.79 Å². The molecule has 1 aliphatic heterocycles. The van der Waals surface area contributed by atoms with Crippen molar-refractivity contribution >= 4 is 55.1 Å². The number of benzene rings is 2. The fourth-order valence-electron chi connectivity index (χ4n) is 2.70. The number of nitrogens with zero attached hydrogens (tertiary/aromatic N) is 2. The first-order valence-electron chi connectivity index (χ1n) is 7.55. The largest absolute Gasteiger partial charge is 0.273 e. The minimum absolute atomic E-state index is 0.0509. The van der Waals surface area contributed by atoms with E-state index >= 15 is 0 Å². The summed E-state index contributed by atoms with van der Waals surface area (Å²) in [6.07, 6.45) is 0.975.